The fourth-order valence-electron chi connectivity index (χ4n) is 1.81. The van der Waals surface area contributed by atoms with Crippen molar-refractivity contribution in [2.75, 3.05) is 13.1 Å². The summed E-state index contributed by atoms with van der Waals surface area (Å²) in [6, 6.07) is 0.366. The van der Waals surface area contributed by atoms with Crippen LogP contribution in [0.5, 0.6) is 0 Å². The minimum Gasteiger partial charge on any atom is -0.352 e. The van der Waals surface area contributed by atoms with Gasteiger partial charge in [-0.25, -0.2) is 0 Å². The van der Waals surface area contributed by atoms with E-state index in [0.29, 0.717) is 6.54 Å². The van der Waals surface area contributed by atoms with E-state index in [0.717, 1.165) is 19.4 Å². The van der Waals surface area contributed by atoms with Crippen molar-refractivity contribution in [3.05, 3.63) is 0 Å². The van der Waals surface area contributed by atoms with Crippen LogP contribution in [0.2, 0.25) is 0 Å². The lowest BCUT2D eigenvalue weighted by Gasteiger charge is -2.29. The van der Waals surface area contributed by atoms with Gasteiger partial charge in [-0.2, -0.15) is 0 Å². The monoisotopic (exact) mass is 199 g/mol. The van der Waals surface area contributed by atoms with E-state index < -0.39 is 0 Å². The third kappa shape index (κ3) is 2.96. The molecule has 14 heavy (non-hydrogen) atoms. The quantitative estimate of drug-likeness (QED) is 0.591. The smallest absolute Gasteiger partial charge is 0.224 e. The largest absolute Gasteiger partial charge is 0.352 e. The van der Waals surface area contributed by atoms with Crippen molar-refractivity contribution >= 4 is 5.91 Å². The molecule has 82 valence electrons. The molecule has 3 atom stereocenters. The molecule has 0 saturated carbocycles. The summed E-state index contributed by atoms with van der Waals surface area (Å²) in [5.74, 6) is 0.250. The molecule has 0 bridgehead atoms. The molecule has 0 unspecified atom stereocenters. The van der Waals surface area contributed by atoms with Gasteiger partial charge in [-0.3, -0.25) is 4.79 Å². The van der Waals surface area contributed by atoms with Crippen molar-refractivity contribution in [2.24, 2.45) is 11.7 Å². The molecule has 0 aromatic heterocycles. The molecule has 1 saturated heterocycles. The number of carbonyl (C=O) groups is 1. The number of nitrogens with one attached hydrogen (secondary N) is 2. The van der Waals surface area contributed by atoms with Crippen LogP contribution in [0.15, 0.2) is 0 Å². The van der Waals surface area contributed by atoms with Gasteiger partial charge in [0.2, 0.25) is 5.91 Å². The van der Waals surface area contributed by atoms with E-state index >= 15 is 0 Å². The lowest BCUT2D eigenvalue weighted by Crippen LogP contribution is -2.49. The average molecular weight is 199 g/mol. The predicted octanol–water partition coefficient (Wildman–Crippen LogP) is -0.162. The van der Waals surface area contributed by atoms with Gasteiger partial charge in [0.05, 0.1) is 5.92 Å². The molecule has 1 fully saturated rings. The fourth-order valence-corrected chi connectivity index (χ4v) is 1.81. The highest BCUT2D eigenvalue weighted by Crippen LogP contribution is 2.16. The second-order valence-electron chi connectivity index (χ2n) is 4.14. The summed E-state index contributed by atoms with van der Waals surface area (Å²) in [5, 5.41) is 6.24. The van der Waals surface area contributed by atoms with Gasteiger partial charge in [0, 0.05) is 18.6 Å². The van der Waals surface area contributed by atoms with Crippen LogP contribution in [0, 0.1) is 5.92 Å². The summed E-state index contributed by atoms with van der Waals surface area (Å²) in [7, 11) is 0. The number of hydrogen-bond donors (Lipinski definition) is 3. The molecule has 1 heterocycles. The van der Waals surface area contributed by atoms with Crippen molar-refractivity contribution in [1.82, 2.24) is 10.6 Å². The normalized spacial score (nSPS) is 29.6. The first-order chi connectivity index (χ1) is 6.65. The van der Waals surface area contributed by atoms with Gasteiger partial charge in [-0.15, -0.1) is 0 Å². The number of carbonyl (C=O) groups excluding carboxylic acids is 1. The van der Waals surface area contributed by atoms with Crippen LogP contribution in [0.4, 0.5) is 0 Å². The number of nitrogens with two attached hydrogens (primary N) is 1. The SMILES string of the molecule is C[C@H](CN)NC(=O)[C@@H]1CCCN[C@@H]1C. The Morgan fingerprint density at radius 1 is 1.71 bits per heavy atom. The van der Waals surface area contributed by atoms with E-state index in [9.17, 15) is 4.79 Å². The van der Waals surface area contributed by atoms with Gasteiger partial charge < -0.3 is 16.4 Å². The first kappa shape index (κ1) is 11.5. The Morgan fingerprint density at radius 3 is 3.00 bits per heavy atom. The van der Waals surface area contributed by atoms with Crippen molar-refractivity contribution in [3.8, 4) is 0 Å². The number of hydrogen-bond acceptors (Lipinski definition) is 3. The zero-order chi connectivity index (χ0) is 10.6. The van der Waals surface area contributed by atoms with Crippen LogP contribution in [-0.4, -0.2) is 31.1 Å². The molecule has 0 aromatic carbocycles. The standard InChI is InChI=1S/C10H21N3O/c1-7(6-11)13-10(14)9-4-3-5-12-8(9)2/h7-9,12H,3-6,11H2,1-2H3,(H,13,14)/t7-,8-,9-/m1/s1. The van der Waals surface area contributed by atoms with Gasteiger partial charge in [-0.05, 0) is 33.2 Å². The third-order valence-corrected chi connectivity index (χ3v) is 2.84. The van der Waals surface area contributed by atoms with Gasteiger partial charge >= 0.3 is 0 Å². The van der Waals surface area contributed by atoms with Crippen LogP contribution in [0.1, 0.15) is 26.7 Å². The number of piperidine rings is 1. The Bertz CT molecular complexity index is 196. The van der Waals surface area contributed by atoms with E-state index in [1.54, 1.807) is 0 Å². The molecule has 4 heteroatoms. The van der Waals surface area contributed by atoms with Crippen molar-refractivity contribution in [2.45, 2.75) is 38.8 Å². The zero-order valence-electron chi connectivity index (χ0n) is 9.05. The predicted molar refractivity (Wildman–Crippen MR) is 56.8 cm³/mol. The van der Waals surface area contributed by atoms with E-state index in [-0.39, 0.29) is 23.9 Å². The van der Waals surface area contributed by atoms with Crippen LogP contribution >= 0.6 is 0 Å². The molecule has 4 nitrogen and oxygen atoms in total. The highest BCUT2D eigenvalue weighted by atomic mass is 16.2. The minimum absolute atomic E-state index is 0.0802. The molecule has 0 radical (unpaired) electrons. The summed E-state index contributed by atoms with van der Waals surface area (Å²) < 4.78 is 0. The van der Waals surface area contributed by atoms with E-state index in [4.69, 9.17) is 5.73 Å². The average Bonchev–Trinajstić information content (AvgIpc) is 2.18. The lowest BCUT2D eigenvalue weighted by atomic mass is 9.91. The molecule has 0 aromatic rings. The first-order valence-corrected chi connectivity index (χ1v) is 5.39. The van der Waals surface area contributed by atoms with Gasteiger partial charge in [0.1, 0.15) is 0 Å². The fraction of sp³-hybridized carbons (Fsp3) is 0.900. The molecular formula is C10H21N3O. The Kier molecular flexibility index (Phi) is 4.35. The number of amides is 1. The maximum absolute atomic E-state index is 11.8. The summed E-state index contributed by atoms with van der Waals surface area (Å²) >= 11 is 0. The first-order valence-electron chi connectivity index (χ1n) is 5.39. The van der Waals surface area contributed by atoms with Gasteiger partial charge in [0.25, 0.3) is 0 Å². The molecular weight excluding hydrogens is 178 g/mol. The highest BCUT2D eigenvalue weighted by molar-refractivity contribution is 5.79. The summed E-state index contributed by atoms with van der Waals surface area (Å²) in [6.07, 6.45) is 2.07. The third-order valence-electron chi connectivity index (χ3n) is 2.84. The molecule has 4 N–H and O–H groups in total. The van der Waals surface area contributed by atoms with Crippen LogP contribution in [-0.2, 0) is 4.79 Å². The maximum Gasteiger partial charge on any atom is 0.224 e. The van der Waals surface area contributed by atoms with Crippen molar-refractivity contribution in [3.63, 3.8) is 0 Å². The topological polar surface area (TPSA) is 67.1 Å². The van der Waals surface area contributed by atoms with Crippen molar-refractivity contribution < 1.29 is 4.79 Å². The zero-order valence-corrected chi connectivity index (χ0v) is 9.05. The number of rotatable bonds is 3. The summed E-state index contributed by atoms with van der Waals surface area (Å²) in [5.41, 5.74) is 5.45. The van der Waals surface area contributed by atoms with Crippen LogP contribution in [0.3, 0.4) is 0 Å². The highest BCUT2D eigenvalue weighted by Gasteiger charge is 2.27. The molecule has 1 aliphatic rings. The molecule has 1 amide bonds. The van der Waals surface area contributed by atoms with Crippen molar-refractivity contribution in [1.29, 1.82) is 0 Å². The minimum atomic E-state index is 0.0802. The molecule has 1 rings (SSSR count). The van der Waals surface area contributed by atoms with E-state index in [1.165, 1.54) is 0 Å². The van der Waals surface area contributed by atoms with Crippen LogP contribution in [0.25, 0.3) is 0 Å². The van der Waals surface area contributed by atoms with E-state index in [2.05, 4.69) is 17.6 Å². The lowest BCUT2D eigenvalue weighted by molar-refractivity contribution is -0.127. The summed E-state index contributed by atoms with van der Waals surface area (Å²) in [6.45, 7) is 5.52. The Balaban J connectivity index is 2.42. The second kappa shape index (κ2) is 5.32. The summed E-state index contributed by atoms with van der Waals surface area (Å²) in [4.78, 5) is 11.8. The van der Waals surface area contributed by atoms with Gasteiger partial charge in [-0.1, -0.05) is 0 Å². The van der Waals surface area contributed by atoms with Gasteiger partial charge in [0.15, 0.2) is 0 Å². The second-order valence-corrected chi connectivity index (χ2v) is 4.14. The Hall–Kier alpha value is -0.610. The molecule has 0 spiro atoms. The van der Waals surface area contributed by atoms with Crippen LogP contribution < -0.4 is 16.4 Å². The Morgan fingerprint density at radius 2 is 2.43 bits per heavy atom. The van der Waals surface area contributed by atoms with E-state index in [1.807, 2.05) is 6.92 Å². The molecule has 1 aliphatic heterocycles. The maximum atomic E-state index is 11.8. The molecule has 0 aliphatic carbocycles. The Labute approximate surface area is 85.6 Å².